The number of aromatic amines is 1. The molecule has 0 radical (unpaired) electrons. The average molecular weight is 283 g/mol. The van der Waals surface area contributed by atoms with Gasteiger partial charge in [-0.15, -0.1) is 0 Å². The van der Waals surface area contributed by atoms with Gasteiger partial charge in [0.1, 0.15) is 12.0 Å². The first-order valence-electron chi connectivity index (χ1n) is 6.37. The molecule has 0 aliphatic rings. The van der Waals surface area contributed by atoms with E-state index in [-0.39, 0.29) is 17.4 Å². The first-order chi connectivity index (χ1) is 10.1. The maximum Gasteiger partial charge on any atom is 0.298 e. The topological polar surface area (TPSA) is 92.2 Å². The highest BCUT2D eigenvalue weighted by atomic mass is 16.2. The number of benzene rings is 1. The van der Waals surface area contributed by atoms with Crippen LogP contribution in [-0.2, 0) is 0 Å². The normalized spacial score (nSPS) is 10.8. The molecule has 0 atom stereocenters. The molecular weight excluding hydrogens is 270 g/mol. The minimum Gasteiger partial charge on any atom is -0.316 e. The van der Waals surface area contributed by atoms with Crippen molar-refractivity contribution in [1.29, 1.82) is 0 Å². The predicted molar refractivity (Wildman–Crippen MR) is 77.5 cm³/mol. The zero-order valence-corrected chi connectivity index (χ0v) is 11.5. The van der Waals surface area contributed by atoms with Crippen LogP contribution in [-0.4, -0.2) is 25.5 Å². The van der Waals surface area contributed by atoms with E-state index >= 15 is 0 Å². The van der Waals surface area contributed by atoms with Gasteiger partial charge in [-0.2, -0.15) is 4.52 Å². The summed E-state index contributed by atoms with van der Waals surface area (Å²) in [6.07, 6.45) is 1.37. The van der Waals surface area contributed by atoms with Gasteiger partial charge in [-0.25, -0.2) is 9.97 Å². The molecule has 0 saturated carbocycles. The molecule has 0 aliphatic heterocycles. The highest BCUT2D eigenvalue weighted by molar-refractivity contribution is 6.04. The van der Waals surface area contributed by atoms with Gasteiger partial charge in [0.15, 0.2) is 0 Å². The summed E-state index contributed by atoms with van der Waals surface area (Å²) in [5.41, 5.74) is 1.63. The lowest BCUT2D eigenvalue weighted by Gasteiger charge is -2.07. The summed E-state index contributed by atoms with van der Waals surface area (Å²) >= 11 is 0. The molecule has 0 spiro atoms. The van der Waals surface area contributed by atoms with Gasteiger partial charge in [-0.05, 0) is 26.0 Å². The smallest absolute Gasteiger partial charge is 0.298 e. The number of carbonyl (C=O) groups excluding carboxylic acids is 1. The second-order valence-electron chi connectivity index (χ2n) is 4.72. The van der Waals surface area contributed by atoms with E-state index in [9.17, 15) is 9.59 Å². The molecule has 2 aromatic heterocycles. The fourth-order valence-corrected chi connectivity index (χ4v) is 2.08. The fraction of sp³-hybridized carbons (Fsp3) is 0.143. The third-order valence-corrected chi connectivity index (χ3v) is 3.13. The van der Waals surface area contributed by atoms with E-state index in [1.165, 1.54) is 10.8 Å². The Morgan fingerprint density at radius 2 is 2.14 bits per heavy atom. The molecule has 0 bridgehead atoms. The van der Waals surface area contributed by atoms with Gasteiger partial charge in [-0.1, -0.05) is 17.7 Å². The van der Waals surface area contributed by atoms with Gasteiger partial charge in [0.05, 0.1) is 5.69 Å². The van der Waals surface area contributed by atoms with Crippen molar-refractivity contribution in [3.8, 4) is 0 Å². The summed E-state index contributed by atoms with van der Waals surface area (Å²) in [6, 6.07) is 7.14. The first-order valence-corrected chi connectivity index (χ1v) is 6.37. The van der Waals surface area contributed by atoms with Crippen LogP contribution in [0.25, 0.3) is 5.78 Å². The number of rotatable bonds is 2. The largest absolute Gasteiger partial charge is 0.316 e. The van der Waals surface area contributed by atoms with Crippen molar-refractivity contribution in [2.75, 3.05) is 5.32 Å². The highest BCUT2D eigenvalue weighted by Gasteiger charge is 2.15. The Balaban J connectivity index is 2.02. The van der Waals surface area contributed by atoms with Crippen molar-refractivity contribution in [1.82, 2.24) is 19.6 Å². The molecule has 0 saturated heterocycles. The standard InChI is InChI=1S/C14H13N5O2/c1-8-4-3-5-10(6-8)12(20)18-11-9(2)17-14-15-7-16-19(14)13(11)21/h3-7H,1-2H3,(H,18,20)(H,15,16,17). The van der Waals surface area contributed by atoms with Gasteiger partial charge in [0.25, 0.3) is 17.2 Å². The maximum atomic E-state index is 12.3. The average Bonchev–Trinajstić information content (AvgIpc) is 2.91. The Bertz CT molecular complexity index is 894. The van der Waals surface area contributed by atoms with Crippen molar-refractivity contribution < 1.29 is 4.79 Å². The van der Waals surface area contributed by atoms with Crippen molar-refractivity contribution >= 4 is 17.4 Å². The Morgan fingerprint density at radius 1 is 1.33 bits per heavy atom. The zero-order chi connectivity index (χ0) is 15.0. The molecule has 0 aliphatic carbocycles. The second kappa shape index (κ2) is 4.86. The molecule has 7 nitrogen and oxygen atoms in total. The Labute approximate surface area is 119 Å². The van der Waals surface area contributed by atoms with E-state index in [1.807, 2.05) is 13.0 Å². The molecule has 106 valence electrons. The number of nitrogens with one attached hydrogen (secondary N) is 2. The molecule has 7 heteroatoms. The van der Waals surface area contributed by atoms with E-state index < -0.39 is 5.56 Å². The number of carbonyl (C=O) groups is 1. The molecular formula is C14H13N5O2. The maximum absolute atomic E-state index is 12.3. The van der Waals surface area contributed by atoms with Crippen LogP contribution in [0, 0.1) is 13.8 Å². The number of H-pyrrole nitrogens is 1. The molecule has 0 unspecified atom stereocenters. The van der Waals surface area contributed by atoms with Crippen LogP contribution in [0.1, 0.15) is 21.6 Å². The minimum absolute atomic E-state index is 0.142. The van der Waals surface area contributed by atoms with Crippen molar-refractivity contribution in [3.63, 3.8) is 0 Å². The number of hydrogen-bond donors (Lipinski definition) is 2. The van der Waals surface area contributed by atoms with Crippen LogP contribution >= 0.6 is 0 Å². The third kappa shape index (κ3) is 2.29. The van der Waals surface area contributed by atoms with Gasteiger partial charge in [0.2, 0.25) is 0 Å². The monoisotopic (exact) mass is 283 g/mol. The number of aromatic nitrogens is 4. The summed E-state index contributed by atoms with van der Waals surface area (Å²) in [5.74, 6) is -0.0776. The van der Waals surface area contributed by atoms with Crippen LogP contribution in [0.5, 0.6) is 0 Å². The summed E-state index contributed by atoms with van der Waals surface area (Å²) in [7, 11) is 0. The Kier molecular flexibility index (Phi) is 3.02. The molecule has 1 aromatic carbocycles. The summed E-state index contributed by atoms with van der Waals surface area (Å²) in [5, 5.41) is 5.28. The van der Waals surface area contributed by atoms with Crippen LogP contribution in [0.4, 0.5) is 5.69 Å². The predicted octanol–water partition coefficient (Wildman–Crippen LogP) is 1.29. The van der Waals surface area contributed by atoms with Crippen molar-refractivity contribution in [2.24, 2.45) is 0 Å². The second-order valence-corrected chi connectivity index (χ2v) is 4.72. The van der Waals surface area contributed by atoms with Gasteiger partial charge < -0.3 is 5.32 Å². The number of anilines is 1. The molecule has 1 amide bonds. The number of hydrogen-bond acceptors (Lipinski definition) is 4. The summed E-state index contributed by atoms with van der Waals surface area (Å²) < 4.78 is 1.18. The van der Waals surface area contributed by atoms with E-state index in [2.05, 4.69) is 20.4 Å². The van der Waals surface area contributed by atoms with Crippen LogP contribution < -0.4 is 10.9 Å². The number of amides is 1. The van der Waals surface area contributed by atoms with E-state index in [1.54, 1.807) is 25.1 Å². The zero-order valence-electron chi connectivity index (χ0n) is 11.5. The number of fused-ring (bicyclic) bond motifs is 1. The number of nitrogens with zero attached hydrogens (tertiary/aromatic N) is 3. The molecule has 0 fully saturated rings. The minimum atomic E-state index is -0.393. The molecule has 3 aromatic rings. The summed E-state index contributed by atoms with van der Waals surface area (Å²) in [4.78, 5) is 32.6. The van der Waals surface area contributed by atoms with Gasteiger partial charge in [0, 0.05) is 5.56 Å². The fourth-order valence-electron chi connectivity index (χ4n) is 2.08. The molecule has 2 heterocycles. The highest BCUT2D eigenvalue weighted by Crippen LogP contribution is 2.10. The SMILES string of the molecule is Cc1cccc(C(=O)Nc2c(C)nc3nc[nH]n3c2=O)c1. The first kappa shape index (κ1) is 13.0. The van der Waals surface area contributed by atoms with Crippen LogP contribution in [0.3, 0.4) is 0 Å². The summed E-state index contributed by atoms with van der Waals surface area (Å²) in [6.45, 7) is 3.55. The number of aryl methyl sites for hydroxylation is 2. The quantitative estimate of drug-likeness (QED) is 0.741. The molecule has 2 N–H and O–H groups in total. The molecule has 21 heavy (non-hydrogen) atoms. The van der Waals surface area contributed by atoms with Gasteiger partial charge >= 0.3 is 0 Å². The third-order valence-electron chi connectivity index (χ3n) is 3.13. The van der Waals surface area contributed by atoms with Gasteiger partial charge in [-0.3, -0.25) is 14.7 Å². The lowest BCUT2D eigenvalue weighted by molar-refractivity contribution is 0.102. The lowest BCUT2D eigenvalue weighted by atomic mass is 10.1. The van der Waals surface area contributed by atoms with E-state index in [0.717, 1.165) is 5.56 Å². The van der Waals surface area contributed by atoms with Crippen molar-refractivity contribution in [3.05, 3.63) is 57.8 Å². The van der Waals surface area contributed by atoms with Crippen LogP contribution in [0.2, 0.25) is 0 Å². The van der Waals surface area contributed by atoms with E-state index in [4.69, 9.17) is 0 Å². The Morgan fingerprint density at radius 3 is 2.90 bits per heavy atom. The van der Waals surface area contributed by atoms with Crippen LogP contribution in [0.15, 0.2) is 35.4 Å². The van der Waals surface area contributed by atoms with E-state index in [0.29, 0.717) is 11.3 Å². The van der Waals surface area contributed by atoms with Crippen molar-refractivity contribution in [2.45, 2.75) is 13.8 Å². The lowest BCUT2D eigenvalue weighted by Crippen LogP contribution is -2.25. The molecule has 3 rings (SSSR count). The Hall–Kier alpha value is -2.96.